The Morgan fingerprint density at radius 1 is 1.00 bits per heavy atom. The molecule has 0 amide bonds. The van der Waals surface area contributed by atoms with E-state index in [0.29, 0.717) is 45.8 Å². The maximum Gasteiger partial charge on any atom is 0.282 e. The summed E-state index contributed by atoms with van der Waals surface area (Å²) in [6.45, 7) is 5.37. The van der Waals surface area contributed by atoms with Gasteiger partial charge < -0.3 is 9.84 Å². The van der Waals surface area contributed by atoms with E-state index in [0.717, 1.165) is 25.9 Å². The van der Waals surface area contributed by atoms with Crippen molar-refractivity contribution in [2.24, 2.45) is 0 Å². The average Bonchev–Trinajstić information content (AvgIpc) is 3.10. The van der Waals surface area contributed by atoms with Crippen LogP contribution in [0.2, 0.25) is 0 Å². The third kappa shape index (κ3) is 3.40. The second-order valence-corrected chi connectivity index (χ2v) is 8.24. The van der Waals surface area contributed by atoms with Crippen molar-refractivity contribution in [1.29, 1.82) is 0 Å². The molecule has 0 aromatic rings. The molecule has 3 fully saturated rings. The number of ether oxygens (including phenoxy) is 1. The highest BCUT2D eigenvalue weighted by Crippen LogP contribution is 2.27. The Hall–Kier alpha value is -0.250. The van der Waals surface area contributed by atoms with Gasteiger partial charge in [-0.05, 0) is 19.3 Å². The van der Waals surface area contributed by atoms with Gasteiger partial charge in [0, 0.05) is 45.8 Å². The van der Waals surface area contributed by atoms with Crippen LogP contribution >= 0.6 is 0 Å². The van der Waals surface area contributed by atoms with Crippen LogP contribution in [0.5, 0.6) is 0 Å². The van der Waals surface area contributed by atoms with Crippen LogP contribution in [-0.2, 0) is 14.9 Å². The first-order chi connectivity index (χ1) is 10.00. The molecule has 3 heterocycles. The lowest BCUT2D eigenvalue weighted by molar-refractivity contribution is -0.0240. The van der Waals surface area contributed by atoms with Crippen molar-refractivity contribution < 1.29 is 18.3 Å². The minimum Gasteiger partial charge on any atom is -0.387 e. The fourth-order valence-corrected chi connectivity index (χ4v) is 5.17. The van der Waals surface area contributed by atoms with E-state index in [9.17, 15) is 13.5 Å². The molecule has 0 aromatic carbocycles. The summed E-state index contributed by atoms with van der Waals surface area (Å²) in [7, 11) is -3.39. The molecular formula is C13H25N3O4S. The minimum atomic E-state index is -3.39. The maximum atomic E-state index is 12.5. The molecule has 3 aliphatic rings. The summed E-state index contributed by atoms with van der Waals surface area (Å²) >= 11 is 0. The van der Waals surface area contributed by atoms with Crippen molar-refractivity contribution in [1.82, 2.24) is 13.5 Å². The summed E-state index contributed by atoms with van der Waals surface area (Å²) in [6.07, 6.45) is 2.38. The van der Waals surface area contributed by atoms with Gasteiger partial charge >= 0.3 is 0 Å². The molecule has 0 aromatic heterocycles. The van der Waals surface area contributed by atoms with Gasteiger partial charge in [0.1, 0.15) is 0 Å². The standard InChI is InChI=1S/C13H25N3O4S/c17-13(11-14-7-9-20-10-8-14)3-6-16(12-13)21(18,19)15-4-1-2-5-15/h17H,1-12H2/t13-/m0/s1. The zero-order chi connectivity index (χ0) is 14.9. The molecule has 7 nitrogen and oxygen atoms in total. The van der Waals surface area contributed by atoms with E-state index in [-0.39, 0.29) is 6.54 Å². The van der Waals surface area contributed by atoms with Crippen molar-refractivity contribution >= 4 is 10.2 Å². The Morgan fingerprint density at radius 2 is 1.67 bits per heavy atom. The molecule has 21 heavy (non-hydrogen) atoms. The van der Waals surface area contributed by atoms with Gasteiger partial charge in [-0.3, -0.25) is 4.90 Å². The summed E-state index contributed by atoms with van der Waals surface area (Å²) in [4.78, 5) is 2.16. The number of morpholine rings is 1. The highest BCUT2D eigenvalue weighted by atomic mass is 32.2. The van der Waals surface area contributed by atoms with Crippen LogP contribution in [0.15, 0.2) is 0 Å². The third-order valence-corrected chi connectivity index (χ3v) is 6.62. The number of hydrogen-bond acceptors (Lipinski definition) is 5. The predicted molar refractivity (Wildman–Crippen MR) is 78.1 cm³/mol. The lowest BCUT2D eigenvalue weighted by atomic mass is 10.0. The van der Waals surface area contributed by atoms with Gasteiger partial charge in [0.2, 0.25) is 0 Å². The van der Waals surface area contributed by atoms with Gasteiger partial charge in [-0.1, -0.05) is 0 Å². The van der Waals surface area contributed by atoms with E-state index in [2.05, 4.69) is 4.90 Å². The largest absolute Gasteiger partial charge is 0.387 e. The van der Waals surface area contributed by atoms with Crippen molar-refractivity contribution in [2.75, 3.05) is 59.0 Å². The zero-order valence-electron chi connectivity index (χ0n) is 12.4. The lowest BCUT2D eigenvalue weighted by Crippen LogP contribution is -2.50. The van der Waals surface area contributed by atoms with E-state index >= 15 is 0 Å². The Labute approximate surface area is 126 Å². The number of nitrogens with zero attached hydrogens (tertiary/aromatic N) is 3. The van der Waals surface area contributed by atoms with Crippen molar-refractivity contribution in [3.05, 3.63) is 0 Å². The van der Waals surface area contributed by atoms with Gasteiger partial charge in [-0.25, -0.2) is 0 Å². The molecule has 3 saturated heterocycles. The summed E-state index contributed by atoms with van der Waals surface area (Å²) < 4.78 is 33.4. The minimum absolute atomic E-state index is 0.211. The SMILES string of the molecule is O=S(=O)(N1CCCC1)N1CC[C@](O)(CN2CCOCC2)C1. The summed E-state index contributed by atoms with van der Waals surface area (Å²) in [5.74, 6) is 0. The van der Waals surface area contributed by atoms with Crippen LogP contribution in [0.1, 0.15) is 19.3 Å². The van der Waals surface area contributed by atoms with Crippen LogP contribution in [0.3, 0.4) is 0 Å². The molecule has 8 heteroatoms. The van der Waals surface area contributed by atoms with Crippen molar-refractivity contribution in [3.63, 3.8) is 0 Å². The Morgan fingerprint density at radius 3 is 2.33 bits per heavy atom. The van der Waals surface area contributed by atoms with E-state index in [1.54, 1.807) is 4.31 Å². The molecule has 122 valence electrons. The fourth-order valence-electron chi connectivity index (χ4n) is 3.40. The van der Waals surface area contributed by atoms with Crippen LogP contribution in [0.4, 0.5) is 0 Å². The predicted octanol–water partition coefficient (Wildman–Crippen LogP) is -0.904. The molecule has 0 saturated carbocycles. The molecule has 1 N–H and O–H groups in total. The van der Waals surface area contributed by atoms with Gasteiger partial charge in [-0.15, -0.1) is 0 Å². The molecule has 0 bridgehead atoms. The van der Waals surface area contributed by atoms with E-state index in [4.69, 9.17) is 4.74 Å². The number of aliphatic hydroxyl groups is 1. The maximum absolute atomic E-state index is 12.5. The van der Waals surface area contributed by atoms with E-state index in [1.165, 1.54) is 4.31 Å². The van der Waals surface area contributed by atoms with Crippen LogP contribution in [-0.4, -0.2) is 91.7 Å². The summed E-state index contributed by atoms with van der Waals surface area (Å²) in [6, 6.07) is 0. The quantitative estimate of drug-likeness (QED) is 0.727. The second kappa shape index (κ2) is 6.10. The first-order valence-corrected chi connectivity index (χ1v) is 9.17. The molecule has 3 rings (SSSR count). The number of hydrogen-bond donors (Lipinski definition) is 1. The molecule has 0 aliphatic carbocycles. The Bertz CT molecular complexity index is 460. The van der Waals surface area contributed by atoms with Crippen molar-refractivity contribution in [3.8, 4) is 0 Å². The van der Waals surface area contributed by atoms with E-state index < -0.39 is 15.8 Å². The number of β-amino-alcohol motifs (C(OH)–C–C–N with tert-alkyl or cyclic N) is 1. The molecule has 3 aliphatic heterocycles. The van der Waals surface area contributed by atoms with Gasteiger partial charge in [0.15, 0.2) is 0 Å². The van der Waals surface area contributed by atoms with Gasteiger partial charge in [0.05, 0.1) is 18.8 Å². The summed E-state index contributed by atoms with van der Waals surface area (Å²) in [5, 5.41) is 10.7. The molecule has 0 spiro atoms. The Kier molecular flexibility index (Phi) is 4.54. The zero-order valence-corrected chi connectivity index (χ0v) is 13.2. The number of rotatable bonds is 4. The van der Waals surface area contributed by atoms with Gasteiger partial charge in [-0.2, -0.15) is 17.0 Å². The van der Waals surface area contributed by atoms with Crippen LogP contribution < -0.4 is 0 Å². The Balaban J connectivity index is 1.61. The molecule has 0 radical (unpaired) electrons. The fraction of sp³-hybridized carbons (Fsp3) is 1.00. The second-order valence-electron chi connectivity index (χ2n) is 6.31. The molecule has 1 atom stereocenters. The van der Waals surface area contributed by atoms with Gasteiger partial charge in [0.25, 0.3) is 10.2 Å². The topological polar surface area (TPSA) is 73.3 Å². The first-order valence-electron chi connectivity index (χ1n) is 7.77. The highest BCUT2D eigenvalue weighted by Gasteiger charge is 2.44. The van der Waals surface area contributed by atoms with Crippen molar-refractivity contribution in [2.45, 2.75) is 24.9 Å². The molecular weight excluding hydrogens is 294 g/mol. The average molecular weight is 319 g/mol. The lowest BCUT2D eigenvalue weighted by Gasteiger charge is -2.33. The van der Waals surface area contributed by atoms with E-state index in [1.807, 2.05) is 0 Å². The monoisotopic (exact) mass is 319 g/mol. The summed E-state index contributed by atoms with van der Waals surface area (Å²) in [5.41, 5.74) is -0.926. The molecule has 0 unspecified atom stereocenters. The normalized spacial score (nSPS) is 33.8. The first kappa shape index (κ1) is 15.6. The van der Waals surface area contributed by atoms with Crippen LogP contribution in [0.25, 0.3) is 0 Å². The smallest absolute Gasteiger partial charge is 0.282 e. The third-order valence-electron chi connectivity index (χ3n) is 4.64. The van der Waals surface area contributed by atoms with Crippen LogP contribution in [0, 0.1) is 0 Å². The highest BCUT2D eigenvalue weighted by molar-refractivity contribution is 7.86.